The summed E-state index contributed by atoms with van der Waals surface area (Å²) in [7, 11) is 0. The molecule has 144 valence electrons. The number of carbonyl (C=O) groups excluding carboxylic acids is 1. The van der Waals surface area contributed by atoms with Crippen LogP contribution in [0.1, 0.15) is 41.5 Å². The molecule has 0 bridgehead atoms. The minimum atomic E-state index is -3.12. The molecule has 1 amide bonds. The SMILES string of the molecule is C[C@@H]1[C@@H](C)n2ncc(N)c2C(=O)N1c1ccc(C(F)(F)c2ccccc2)cc1. The first kappa shape index (κ1) is 18.2. The number of anilines is 2. The summed E-state index contributed by atoms with van der Waals surface area (Å²) in [6, 6.07) is 13.2. The van der Waals surface area contributed by atoms with Gasteiger partial charge in [-0.2, -0.15) is 13.9 Å². The summed E-state index contributed by atoms with van der Waals surface area (Å²) in [5.74, 6) is -3.41. The van der Waals surface area contributed by atoms with Gasteiger partial charge in [-0.15, -0.1) is 0 Å². The van der Waals surface area contributed by atoms with Crippen LogP contribution < -0.4 is 10.6 Å². The van der Waals surface area contributed by atoms with Crippen molar-refractivity contribution in [3.05, 3.63) is 77.6 Å². The molecule has 0 spiro atoms. The maximum Gasteiger partial charge on any atom is 0.298 e. The molecule has 2 N–H and O–H groups in total. The molecule has 1 aromatic heterocycles. The Kier molecular flexibility index (Phi) is 4.18. The first-order valence-electron chi connectivity index (χ1n) is 9.02. The normalized spacial score (nSPS) is 19.6. The number of alkyl halides is 2. The van der Waals surface area contributed by atoms with Crippen LogP contribution in [0.25, 0.3) is 0 Å². The molecule has 0 radical (unpaired) electrons. The summed E-state index contributed by atoms with van der Waals surface area (Å²) in [6.07, 6.45) is 1.46. The Hall–Kier alpha value is -3.22. The summed E-state index contributed by atoms with van der Waals surface area (Å²) < 4.78 is 31.2. The van der Waals surface area contributed by atoms with Crippen LogP contribution in [0.15, 0.2) is 60.8 Å². The van der Waals surface area contributed by atoms with Crippen LogP contribution in [0.5, 0.6) is 0 Å². The zero-order valence-corrected chi connectivity index (χ0v) is 15.5. The number of aromatic nitrogens is 2. The highest BCUT2D eigenvalue weighted by atomic mass is 19.3. The van der Waals surface area contributed by atoms with E-state index in [2.05, 4.69) is 5.10 Å². The van der Waals surface area contributed by atoms with Crippen molar-refractivity contribution in [1.82, 2.24) is 9.78 Å². The smallest absolute Gasteiger partial charge is 0.298 e. The van der Waals surface area contributed by atoms with Crippen LogP contribution in [-0.4, -0.2) is 21.7 Å². The number of rotatable bonds is 3. The molecule has 2 heterocycles. The minimum absolute atomic E-state index is 0.0736. The molecular formula is C21H20F2N4O. The Morgan fingerprint density at radius 3 is 2.21 bits per heavy atom. The average molecular weight is 382 g/mol. The predicted molar refractivity (Wildman–Crippen MR) is 104 cm³/mol. The van der Waals surface area contributed by atoms with Gasteiger partial charge in [0.15, 0.2) is 0 Å². The number of nitrogen functional groups attached to an aromatic ring is 1. The molecule has 0 unspecified atom stereocenters. The van der Waals surface area contributed by atoms with Gasteiger partial charge >= 0.3 is 0 Å². The van der Waals surface area contributed by atoms with Gasteiger partial charge in [-0.05, 0) is 26.0 Å². The molecule has 0 fully saturated rings. The van der Waals surface area contributed by atoms with E-state index in [0.717, 1.165) is 0 Å². The number of carbonyl (C=O) groups is 1. The van der Waals surface area contributed by atoms with E-state index in [1.165, 1.54) is 30.5 Å². The van der Waals surface area contributed by atoms with E-state index in [1.54, 1.807) is 39.9 Å². The lowest BCUT2D eigenvalue weighted by Gasteiger charge is -2.38. The molecule has 0 aliphatic carbocycles. The van der Waals surface area contributed by atoms with E-state index >= 15 is 0 Å². The van der Waals surface area contributed by atoms with Crippen LogP contribution in [0.4, 0.5) is 20.2 Å². The average Bonchev–Trinajstić information content (AvgIpc) is 3.09. The van der Waals surface area contributed by atoms with E-state index in [-0.39, 0.29) is 29.1 Å². The Labute approximate surface area is 161 Å². The molecule has 0 saturated heterocycles. The number of nitrogens with two attached hydrogens (primary N) is 1. The first-order valence-corrected chi connectivity index (χ1v) is 9.02. The van der Waals surface area contributed by atoms with Gasteiger partial charge in [0, 0.05) is 16.8 Å². The van der Waals surface area contributed by atoms with Gasteiger partial charge in [-0.3, -0.25) is 9.48 Å². The number of benzene rings is 2. The van der Waals surface area contributed by atoms with E-state index in [9.17, 15) is 13.6 Å². The van der Waals surface area contributed by atoms with Crippen LogP contribution >= 0.6 is 0 Å². The maximum absolute atomic E-state index is 14.8. The Bertz CT molecular complexity index is 1010. The van der Waals surface area contributed by atoms with Gasteiger partial charge in [0.1, 0.15) is 5.69 Å². The molecule has 0 saturated carbocycles. The van der Waals surface area contributed by atoms with Crippen molar-refractivity contribution in [2.24, 2.45) is 0 Å². The Morgan fingerprint density at radius 1 is 0.964 bits per heavy atom. The monoisotopic (exact) mass is 382 g/mol. The maximum atomic E-state index is 14.8. The Balaban J connectivity index is 1.70. The number of fused-ring (bicyclic) bond motifs is 1. The second-order valence-electron chi connectivity index (χ2n) is 7.04. The summed E-state index contributed by atoms with van der Waals surface area (Å²) in [4.78, 5) is 14.6. The Morgan fingerprint density at radius 2 is 1.57 bits per heavy atom. The molecule has 7 heteroatoms. The lowest BCUT2D eigenvalue weighted by molar-refractivity contribution is 0.0428. The molecule has 1 aliphatic rings. The zero-order valence-electron chi connectivity index (χ0n) is 15.5. The topological polar surface area (TPSA) is 64.2 Å². The lowest BCUT2D eigenvalue weighted by Crippen LogP contribution is -2.49. The summed E-state index contributed by atoms with van der Waals surface area (Å²) in [5.41, 5.74) is 6.89. The van der Waals surface area contributed by atoms with Crippen LogP contribution in [0, 0.1) is 0 Å². The summed E-state index contributed by atoms with van der Waals surface area (Å²) in [6.45, 7) is 3.84. The second-order valence-corrected chi connectivity index (χ2v) is 7.04. The van der Waals surface area contributed by atoms with Gasteiger partial charge in [0.25, 0.3) is 11.8 Å². The second kappa shape index (κ2) is 6.44. The third-order valence-electron chi connectivity index (χ3n) is 5.38. The molecule has 2 aromatic carbocycles. The van der Waals surface area contributed by atoms with E-state index in [0.29, 0.717) is 17.1 Å². The first-order chi connectivity index (χ1) is 13.3. The fraction of sp³-hybridized carbons (Fsp3) is 0.238. The zero-order chi connectivity index (χ0) is 20.1. The molecule has 3 aromatic rings. The van der Waals surface area contributed by atoms with Gasteiger partial charge in [-0.25, -0.2) is 0 Å². The van der Waals surface area contributed by atoms with Crippen molar-refractivity contribution in [3.63, 3.8) is 0 Å². The summed E-state index contributed by atoms with van der Waals surface area (Å²) in [5, 5.41) is 4.19. The molecule has 4 rings (SSSR count). The predicted octanol–water partition coefficient (Wildman–Crippen LogP) is 4.22. The van der Waals surface area contributed by atoms with Gasteiger partial charge < -0.3 is 10.6 Å². The summed E-state index contributed by atoms with van der Waals surface area (Å²) >= 11 is 0. The van der Waals surface area contributed by atoms with E-state index < -0.39 is 5.92 Å². The van der Waals surface area contributed by atoms with Gasteiger partial charge in [0.05, 0.1) is 24.0 Å². The van der Waals surface area contributed by atoms with E-state index in [4.69, 9.17) is 5.73 Å². The standard InChI is InChI=1S/C21H20F2N4O/c1-13-14(2)27-19(18(24)12-25-27)20(28)26(13)17-10-8-16(9-11-17)21(22,23)15-6-4-3-5-7-15/h3-14H,24H2,1-2H3/t13-,14-/m1/s1. The number of halogens is 2. The van der Waals surface area contributed by atoms with Crippen LogP contribution in [0.2, 0.25) is 0 Å². The van der Waals surface area contributed by atoms with E-state index in [1.807, 2.05) is 13.8 Å². The third kappa shape index (κ3) is 2.66. The number of nitrogens with zero attached hydrogens (tertiary/aromatic N) is 3. The lowest BCUT2D eigenvalue weighted by atomic mass is 9.99. The van der Waals surface area contributed by atoms with Gasteiger partial charge in [-0.1, -0.05) is 42.5 Å². The van der Waals surface area contributed by atoms with Crippen LogP contribution in [0.3, 0.4) is 0 Å². The fourth-order valence-corrected chi connectivity index (χ4v) is 3.62. The van der Waals surface area contributed by atoms with Crippen molar-refractivity contribution >= 4 is 17.3 Å². The van der Waals surface area contributed by atoms with Crippen molar-refractivity contribution in [2.75, 3.05) is 10.6 Å². The van der Waals surface area contributed by atoms with Crippen molar-refractivity contribution in [1.29, 1.82) is 0 Å². The highest BCUT2D eigenvalue weighted by Crippen LogP contribution is 2.38. The largest absolute Gasteiger partial charge is 0.396 e. The van der Waals surface area contributed by atoms with Gasteiger partial charge in [0.2, 0.25) is 0 Å². The van der Waals surface area contributed by atoms with Crippen molar-refractivity contribution in [3.8, 4) is 0 Å². The molecule has 5 nitrogen and oxygen atoms in total. The highest BCUT2D eigenvalue weighted by Gasteiger charge is 2.39. The van der Waals surface area contributed by atoms with Crippen LogP contribution in [-0.2, 0) is 5.92 Å². The number of hydrogen-bond acceptors (Lipinski definition) is 3. The quantitative estimate of drug-likeness (QED) is 0.738. The molecular weight excluding hydrogens is 362 g/mol. The number of amides is 1. The highest BCUT2D eigenvalue weighted by molar-refractivity contribution is 6.09. The molecule has 2 atom stereocenters. The fourth-order valence-electron chi connectivity index (χ4n) is 3.62. The third-order valence-corrected chi connectivity index (χ3v) is 5.38. The van der Waals surface area contributed by atoms with Crippen molar-refractivity contribution < 1.29 is 13.6 Å². The molecule has 1 aliphatic heterocycles. The number of hydrogen-bond donors (Lipinski definition) is 1. The minimum Gasteiger partial charge on any atom is -0.396 e. The molecule has 28 heavy (non-hydrogen) atoms. The van der Waals surface area contributed by atoms with Crippen molar-refractivity contribution in [2.45, 2.75) is 31.9 Å².